The molecule has 0 saturated carbocycles. The summed E-state index contributed by atoms with van der Waals surface area (Å²) < 4.78 is 10.9. The van der Waals surface area contributed by atoms with Crippen molar-refractivity contribution < 1.29 is 19.4 Å². The molecule has 1 heterocycles. The molecule has 6 heteroatoms. The first kappa shape index (κ1) is 14.9. The summed E-state index contributed by atoms with van der Waals surface area (Å²) in [4.78, 5) is 11.2. The first-order valence-corrected chi connectivity index (χ1v) is 6.77. The summed E-state index contributed by atoms with van der Waals surface area (Å²) >= 11 is 6.20. The predicted molar refractivity (Wildman–Crippen MR) is 75.4 cm³/mol. The van der Waals surface area contributed by atoms with Crippen molar-refractivity contribution in [3.8, 4) is 11.5 Å². The Kier molecular flexibility index (Phi) is 4.11. The Morgan fingerprint density at radius 3 is 2.50 bits per heavy atom. The maximum atomic E-state index is 11.2. The van der Waals surface area contributed by atoms with Gasteiger partial charge in [-0.25, -0.2) is 0 Å². The highest BCUT2D eigenvalue weighted by Gasteiger charge is 2.31. The number of fused-ring (bicyclic) bond motifs is 1. The van der Waals surface area contributed by atoms with E-state index in [0.29, 0.717) is 35.3 Å². The van der Waals surface area contributed by atoms with E-state index in [9.17, 15) is 4.79 Å². The molecule has 0 aliphatic carbocycles. The Morgan fingerprint density at radius 2 is 1.95 bits per heavy atom. The number of carboxylic acid groups (broad SMARTS) is 1. The zero-order chi connectivity index (χ0) is 14.9. The van der Waals surface area contributed by atoms with Crippen LogP contribution in [0.25, 0.3) is 0 Å². The lowest BCUT2D eigenvalue weighted by atomic mass is 9.84. The van der Waals surface area contributed by atoms with Gasteiger partial charge in [-0.05, 0) is 31.9 Å². The fourth-order valence-corrected chi connectivity index (χ4v) is 2.40. The lowest BCUT2D eigenvalue weighted by molar-refractivity contribution is -0.147. The van der Waals surface area contributed by atoms with E-state index in [1.54, 1.807) is 26.0 Å². The second kappa shape index (κ2) is 5.50. The summed E-state index contributed by atoms with van der Waals surface area (Å²) in [6.45, 7) is 4.24. The van der Waals surface area contributed by atoms with Crippen molar-refractivity contribution in [1.29, 1.82) is 0 Å². The minimum absolute atomic E-state index is 0.279. The molecule has 1 aliphatic rings. The summed E-state index contributed by atoms with van der Waals surface area (Å²) in [7, 11) is 0. The van der Waals surface area contributed by atoms with Gasteiger partial charge in [-0.2, -0.15) is 0 Å². The average Bonchev–Trinajstić information content (AvgIpc) is 2.37. The molecule has 1 unspecified atom stereocenters. The number of hydrogen-bond acceptors (Lipinski definition) is 4. The van der Waals surface area contributed by atoms with Crippen molar-refractivity contribution in [2.24, 2.45) is 11.1 Å². The van der Waals surface area contributed by atoms with E-state index in [1.165, 1.54) is 0 Å². The van der Waals surface area contributed by atoms with Crippen LogP contribution in [0.2, 0.25) is 5.02 Å². The summed E-state index contributed by atoms with van der Waals surface area (Å²) in [5.41, 5.74) is 5.86. The van der Waals surface area contributed by atoms with Crippen LogP contribution in [0.4, 0.5) is 0 Å². The van der Waals surface area contributed by atoms with Gasteiger partial charge in [0.15, 0.2) is 11.5 Å². The van der Waals surface area contributed by atoms with Crippen molar-refractivity contribution in [3.63, 3.8) is 0 Å². The van der Waals surface area contributed by atoms with Crippen LogP contribution in [0, 0.1) is 5.41 Å². The highest BCUT2D eigenvalue weighted by molar-refractivity contribution is 6.31. The zero-order valence-electron chi connectivity index (χ0n) is 11.5. The largest absolute Gasteiger partial charge is 0.486 e. The molecule has 0 bridgehead atoms. The van der Waals surface area contributed by atoms with Crippen LogP contribution < -0.4 is 15.2 Å². The zero-order valence-corrected chi connectivity index (χ0v) is 12.2. The van der Waals surface area contributed by atoms with E-state index in [1.807, 2.05) is 0 Å². The van der Waals surface area contributed by atoms with Gasteiger partial charge in [-0.15, -0.1) is 0 Å². The van der Waals surface area contributed by atoms with Crippen LogP contribution in [0.3, 0.4) is 0 Å². The topological polar surface area (TPSA) is 81.8 Å². The molecule has 0 saturated heterocycles. The molecular formula is C14H18ClNO4. The molecule has 110 valence electrons. The Labute approximate surface area is 122 Å². The summed E-state index contributed by atoms with van der Waals surface area (Å²) in [5.74, 6) is 0.301. The Morgan fingerprint density at radius 1 is 1.40 bits per heavy atom. The molecule has 0 amide bonds. The maximum Gasteiger partial charge on any atom is 0.309 e. The van der Waals surface area contributed by atoms with E-state index in [0.717, 1.165) is 0 Å². The van der Waals surface area contributed by atoms with Gasteiger partial charge in [0.25, 0.3) is 0 Å². The quantitative estimate of drug-likeness (QED) is 0.893. The fraction of sp³-hybridized carbons (Fsp3) is 0.500. The molecule has 20 heavy (non-hydrogen) atoms. The Bertz CT molecular complexity index is 530. The van der Waals surface area contributed by atoms with E-state index in [4.69, 9.17) is 31.9 Å². The molecule has 5 nitrogen and oxygen atoms in total. The van der Waals surface area contributed by atoms with E-state index in [2.05, 4.69) is 0 Å². The molecule has 1 aromatic rings. The van der Waals surface area contributed by atoms with E-state index < -0.39 is 17.4 Å². The number of aliphatic carboxylic acids is 1. The molecule has 0 spiro atoms. The molecule has 0 fully saturated rings. The van der Waals surface area contributed by atoms with Gasteiger partial charge in [-0.3, -0.25) is 4.79 Å². The standard InChI is InChI=1S/C14H18ClNO4/c1-14(2,13(17)18)7-10(16)8-5-11-12(6-9(8)15)20-4-3-19-11/h5-6,10H,3-4,7,16H2,1-2H3,(H,17,18). The number of halogens is 1. The minimum atomic E-state index is -0.921. The number of hydrogen-bond donors (Lipinski definition) is 2. The summed E-state index contributed by atoms with van der Waals surface area (Å²) in [6, 6.07) is 2.92. The number of carbonyl (C=O) groups is 1. The van der Waals surface area contributed by atoms with Crippen molar-refractivity contribution >= 4 is 17.6 Å². The first-order valence-electron chi connectivity index (χ1n) is 6.39. The number of rotatable bonds is 4. The smallest absolute Gasteiger partial charge is 0.309 e. The van der Waals surface area contributed by atoms with Crippen LogP contribution in [0.15, 0.2) is 12.1 Å². The third-order valence-electron chi connectivity index (χ3n) is 3.37. The van der Waals surface area contributed by atoms with Gasteiger partial charge in [0, 0.05) is 17.1 Å². The van der Waals surface area contributed by atoms with Gasteiger partial charge in [-0.1, -0.05) is 11.6 Å². The molecule has 3 N–H and O–H groups in total. The third-order valence-corrected chi connectivity index (χ3v) is 3.70. The molecule has 1 aromatic carbocycles. The lowest BCUT2D eigenvalue weighted by Crippen LogP contribution is -2.29. The van der Waals surface area contributed by atoms with Gasteiger partial charge in [0.2, 0.25) is 0 Å². The van der Waals surface area contributed by atoms with Crippen molar-refractivity contribution in [3.05, 3.63) is 22.7 Å². The van der Waals surface area contributed by atoms with E-state index >= 15 is 0 Å². The summed E-state index contributed by atoms with van der Waals surface area (Å²) in [5, 5.41) is 9.63. The van der Waals surface area contributed by atoms with Gasteiger partial charge < -0.3 is 20.3 Å². The summed E-state index contributed by atoms with van der Waals surface area (Å²) in [6.07, 6.45) is 0.279. The predicted octanol–water partition coefficient (Wildman–Crippen LogP) is 2.61. The lowest BCUT2D eigenvalue weighted by Gasteiger charge is -2.26. The van der Waals surface area contributed by atoms with Crippen LogP contribution in [0.1, 0.15) is 31.9 Å². The molecule has 0 radical (unpaired) electrons. The number of ether oxygens (including phenoxy) is 2. The Hall–Kier alpha value is -1.46. The second-order valence-corrected chi connectivity index (χ2v) is 5.92. The molecule has 1 aliphatic heterocycles. The van der Waals surface area contributed by atoms with Crippen LogP contribution in [0.5, 0.6) is 11.5 Å². The molecule has 0 aromatic heterocycles. The first-order chi connectivity index (χ1) is 9.31. The fourth-order valence-electron chi connectivity index (χ4n) is 2.11. The Balaban J connectivity index is 2.26. The number of benzene rings is 1. The van der Waals surface area contributed by atoms with Crippen LogP contribution >= 0.6 is 11.6 Å². The van der Waals surface area contributed by atoms with Crippen LogP contribution in [-0.2, 0) is 4.79 Å². The van der Waals surface area contributed by atoms with Gasteiger partial charge in [0.1, 0.15) is 13.2 Å². The highest BCUT2D eigenvalue weighted by atomic mass is 35.5. The molecule has 1 atom stereocenters. The van der Waals surface area contributed by atoms with Gasteiger partial charge in [0.05, 0.1) is 5.41 Å². The third kappa shape index (κ3) is 2.99. The van der Waals surface area contributed by atoms with Crippen molar-refractivity contribution in [2.45, 2.75) is 26.3 Å². The monoisotopic (exact) mass is 299 g/mol. The van der Waals surface area contributed by atoms with Crippen molar-refractivity contribution in [2.75, 3.05) is 13.2 Å². The average molecular weight is 300 g/mol. The number of carboxylic acids is 1. The van der Waals surface area contributed by atoms with E-state index in [-0.39, 0.29) is 6.42 Å². The van der Waals surface area contributed by atoms with Gasteiger partial charge >= 0.3 is 5.97 Å². The maximum absolute atomic E-state index is 11.2. The second-order valence-electron chi connectivity index (χ2n) is 5.52. The highest BCUT2D eigenvalue weighted by Crippen LogP contribution is 2.39. The van der Waals surface area contributed by atoms with Crippen molar-refractivity contribution in [1.82, 2.24) is 0 Å². The SMILES string of the molecule is CC(C)(CC(N)c1cc2c(cc1Cl)OCCO2)C(=O)O. The minimum Gasteiger partial charge on any atom is -0.486 e. The molecular weight excluding hydrogens is 282 g/mol. The van der Waals surface area contributed by atoms with Crippen LogP contribution in [-0.4, -0.2) is 24.3 Å². The molecule has 2 rings (SSSR count). The normalized spacial score (nSPS) is 15.8. The number of nitrogens with two attached hydrogens (primary N) is 1.